The highest BCUT2D eigenvalue weighted by atomic mass is 79.9. The molecule has 2 rings (SSSR count). The lowest BCUT2D eigenvalue weighted by Gasteiger charge is -2.18. The Morgan fingerprint density at radius 1 is 1.25 bits per heavy atom. The predicted molar refractivity (Wildman–Crippen MR) is 84.1 cm³/mol. The van der Waals surface area contributed by atoms with Gasteiger partial charge in [0.2, 0.25) is 0 Å². The Morgan fingerprint density at radius 2 is 2.00 bits per heavy atom. The fraction of sp³-hybridized carbons (Fsp3) is 0.200. The van der Waals surface area contributed by atoms with Gasteiger partial charge in [0.25, 0.3) is 0 Å². The van der Waals surface area contributed by atoms with Gasteiger partial charge in [0.05, 0.1) is 23.9 Å². The second kappa shape index (κ2) is 6.46. The molecule has 20 heavy (non-hydrogen) atoms. The minimum Gasteiger partial charge on any atom is -0.497 e. The van der Waals surface area contributed by atoms with E-state index in [0.717, 1.165) is 4.47 Å². The summed E-state index contributed by atoms with van der Waals surface area (Å²) in [6, 6.07) is 9.94. The maximum absolute atomic E-state index is 13.9. The first-order valence-corrected chi connectivity index (χ1v) is 7.23. The van der Waals surface area contributed by atoms with Crippen molar-refractivity contribution in [1.82, 2.24) is 0 Å². The van der Waals surface area contributed by atoms with Gasteiger partial charge >= 0.3 is 0 Å². The molecule has 1 N–H and O–H groups in total. The number of ether oxygens (including phenoxy) is 1. The fourth-order valence-electron chi connectivity index (χ4n) is 1.90. The third-order valence-electron chi connectivity index (χ3n) is 2.97. The van der Waals surface area contributed by atoms with E-state index in [1.807, 2.05) is 6.92 Å². The molecule has 0 spiro atoms. The van der Waals surface area contributed by atoms with Crippen LogP contribution in [-0.4, -0.2) is 7.11 Å². The molecule has 0 radical (unpaired) electrons. The summed E-state index contributed by atoms with van der Waals surface area (Å²) in [6.45, 7) is 1.88. The van der Waals surface area contributed by atoms with Gasteiger partial charge in [-0.05, 0) is 37.3 Å². The minimum absolute atomic E-state index is 0.225. The summed E-state index contributed by atoms with van der Waals surface area (Å²) in [7, 11) is 1.59. The molecule has 0 aliphatic carbocycles. The summed E-state index contributed by atoms with van der Waals surface area (Å²) < 4.78 is 19.8. The Morgan fingerprint density at radius 3 is 2.70 bits per heavy atom. The van der Waals surface area contributed by atoms with E-state index in [1.54, 1.807) is 37.4 Å². The molecule has 0 saturated heterocycles. The van der Waals surface area contributed by atoms with Crippen LogP contribution in [0.25, 0.3) is 0 Å². The van der Waals surface area contributed by atoms with E-state index in [-0.39, 0.29) is 11.9 Å². The van der Waals surface area contributed by atoms with E-state index in [4.69, 9.17) is 16.3 Å². The largest absolute Gasteiger partial charge is 0.497 e. The van der Waals surface area contributed by atoms with Gasteiger partial charge in [-0.2, -0.15) is 0 Å². The molecule has 0 heterocycles. The number of halogens is 3. The molecule has 0 aromatic heterocycles. The van der Waals surface area contributed by atoms with Crippen LogP contribution >= 0.6 is 27.5 Å². The molecular formula is C15H14BrClFNO. The van der Waals surface area contributed by atoms with Gasteiger partial charge in [-0.1, -0.05) is 27.5 Å². The lowest BCUT2D eigenvalue weighted by molar-refractivity contribution is 0.415. The third kappa shape index (κ3) is 3.44. The van der Waals surface area contributed by atoms with Crippen molar-refractivity contribution in [3.8, 4) is 5.75 Å². The van der Waals surface area contributed by atoms with Gasteiger partial charge in [0, 0.05) is 16.1 Å². The molecule has 1 atom stereocenters. The number of rotatable bonds is 4. The molecule has 2 nitrogen and oxygen atoms in total. The van der Waals surface area contributed by atoms with Gasteiger partial charge in [0.1, 0.15) is 11.6 Å². The van der Waals surface area contributed by atoms with Crippen LogP contribution < -0.4 is 10.1 Å². The monoisotopic (exact) mass is 357 g/mol. The number of nitrogens with one attached hydrogen (secondary N) is 1. The normalized spacial score (nSPS) is 12.1. The smallest absolute Gasteiger partial charge is 0.128 e. The maximum atomic E-state index is 13.9. The van der Waals surface area contributed by atoms with Crippen molar-refractivity contribution < 1.29 is 9.13 Å². The summed E-state index contributed by atoms with van der Waals surface area (Å²) in [6.07, 6.45) is 0. The Bertz CT molecular complexity index is 621. The highest BCUT2D eigenvalue weighted by Gasteiger charge is 2.13. The number of hydrogen-bond acceptors (Lipinski definition) is 2. The highest BCUT2D eigenvalue weighted by molar-refractivity contribution is 9.10. The molecule has 0 bridgehead atoms. The minimum atomic E-state index is -0.257. The zero-order chi connectivity index (χ0) is 14.7. The zero-order valence-electron chi connectivity index (χ0n) is 11.1. The number of hydrogen-bond donors (Lipinski definition) is 1. The van der Waals surface area contributed by atoms with E-state index < -0.39 is 0 Å². The van der Waals surface area contributed by atoms with Crippen molar-refractivity contribution in [2.75, 3.05) is 12.4 Å². The van der Waals surface area contributed by atoms with E-state index in [9.17, 15) is 4.39 Å². The van der Waals surface area contributed by atoms with E-state index >= 15 is 0 Å². The number of benzene rings is 2. The first kappa shape index (κ1) is 15.1. The van der Waals surface area contributed by atoms with Crippen LogP contribution in [0.4, 0.5) is 10.1 Å². The third-order valence-corrected chi connectivity index (χ3v) is 3.79. The van der Waals surface area contributed by atoms with Crippen LogP contribution in [0.5, 0.6) is 5.75 Å². The van der Waals surface area contributed by atoms with Gasteiger partial charge in [-0.15, -0.1) is 0 Å². The Hall–Kier alpha value is -1.26. The Labute approximate surface area is 131 Å². The number of anilines is 1. The molecule has 0 aliphatic rings. The van der Waals surface area contributed by atoms with Crippen LogP contribution in [0, 0.1) is 5.82 Å². The zero-order valence-corrected chi connectivity index (χ0v) is 13.4. The van der Waals surface area contributed by atoms with Crippen molar-refractivity contribution in [2.45, 2.75) is 13.0 Å². The first-order valence-electron chi connectivity index (χ1n) is 6.06. The second-order valence-electron chi connectivity index (χ2n) is 4.38. The maximum Gasteiger partial charge on any atom is 0.128 e. The number of methoxy groups -OCH3 is 1. The van der Waals surface area contributed by atoms with Crippen LogP contribution in [0.1, 0.15) is 18.5 Å². The SMILES string of the molecule is COc1ccc(Cl)c(NC(C)c2cc(Br)ccc2F)c1. The quantitative estimate of drug-likeness (QED) is 0.787. The molecule has 0 fully saturated rings. The van der Waals surface area contributed by atoms with E-state index in [2.05, 4.69) is 21.2 Å². The summed E-state index contributed by atoms with van der Waals surface area (Å²) in [5.41, 5.74) is 1.27. The molecule has 5 heteroatoms. The van der Waals surface area contributed by atoms with Crippen molar-refractivity contribution in [3.63, 3.8) is 0 Å². The van der Waals surface area contributed by atoms with Crippen molar-refractivity contribution in [3.05, 3.63) is 57.3 Å². The second-order valence-corrected chi connectivity index (χ2v) is 5.70. The molecule has 106 valence electrons. The molecule has 0 amide bonds. The summed E-state index contributed by atoms with van der Waals surface area (Å²) in [5.74, 6) is 0.436. The van der Waals surface area contributed by atoms with E-state index in [0.29, 0.717) is 22.0 Å². The van der Waals surface area contributed by atoms with Gasteiger partial charge in [-0.3, -0.25) is 0 Å². The fourth-order valence-corrected chi connectivity index (χ4v) is 2.45. The molecule has 2 aromatic rings. The van der Waals surface area contributed by atoms with Crippen molar-refractivity contribution in [2.24, 2.45) is 0 Å². The predicted octanol–water partition coefficient (Wildman–Crippen LogP) is 5.42. The summed E-state index contributed by atoms with van der Waals surface area (Å²) >= 11 is 9.48. The standard InChI is InChI=1S/C15H14BrClFNO/c1-9(12-7-10(16)3-6-14(12)18)19-15-8-11(20-2)4-5-13(15)17/h3-9,19H,1-2H3. The van der Waals surface area contributed by atoms with Crippen LogP contribution in [0.3, 0.4) is 0 Å². The van der Waals surface area contributed by atoms with E-state index in [1.165, 1.54) is 6.07 Å². The summed E-state index contributed by atoms with van der Waals surface area (Å²) in [4.78, 5) is 0. The van der Waals surface area contributed by atoms with Gasteiger partial charge in [-0.25, -0.2) is 4.39 Å². The van der Waals surface area contributed by atoms with Crippen molar-refractivity contribution >= 4 is 33.2 Å². The van der Waals surface area contributed by atoms with Crippen molar-refractivity contribution in [1.29, 1.82) is 0 Å². The summed E-state index contributed by atoms with van der Waals surface area (Å²) in [5, 5.41) is 3.76. The van der Waals surface area contributed by atoms with Crippen LogP contribution in [0.2, 0.25) is 5.02 Å². The Balaban J connectivity index is 2.27. The Kier molecular flexibility index (Phi) is 4.89. The average molecular weight is 359 g/mol. The van der Waals surface area contributed by atoms with Crippen LogP contribution in [0.15, 0.2) is 40.9 Å². The van der Waals surface area contributed by atoms with Gasteiger partial charge < -0.3 is 10.1 Å². The molecule has 2 aromatic carbocycles. The first-order chi connectivity index (χ1) is 9.51. The van der Waals surface area contributed by atoms with Gasteiger partial charge in [0.15, 0.2) is 0 Å². The topological polar surface area (TPSA) is 21.3 Å². The van der Waals surface area contributed by atoms with Crippen LogP contribution in [-0.2, 0) is 0 Å². The molecule has 0 aliphatic heterocycles. The average Bonchev–Trinajstić information content (AvgIpc) is 2.43. The molecule has 1 unspecified atom stereocenters. The lowest BCUT2D eigenvalue weighted by atomic mass is 10.1. The molecule has 0 saturated carbocycles. The highest BCUT2D eigenvalue weighted by Crippen LogP contribution is 2.31. The lowest BCUT2D eigenvalue weighted by Crippen LogP contribution is -2.09. The molecular weight excluding hydrogens is 345 g/mol.